The van der Waals surface area contributed by atoms with Crippen LogP contribution in [0, 0.1) is 6.92 Å². The van der Waals surface area contributed by atoms with Crippen molar-refractivity contribution in [3.63, 3.8) is 0 Å². The van der Waals surface area contributed by atoms with E-state index < -0.39 is 22.0 Å². The maximum atomic E-state index is 13.9. The van der Waals surface area contributed by atoms with E-state index in [-0.39, 0.29) is 11.3 Å². The molecular weight excluding hydrogens is 548 g/mol. The lowest BCUT2D eigenvalue weighted by Crippen LogP contribution is -2.52. The first-order chi connectivity index (χ1) is 20.4. The molecule has 0 spiro atoms. The molecule has 42 heavy (non-hydrogen) atoms. The molecule has 0 saturated carbocycles. The molecule has 0 unspecified atom stereocenters. The number of piperidine rings is 1. The van der Waals surface area contributed by atoms with Crippen LogP contribution in [0.2, 0.25) is 0 Å². The number of nitrogens with one attached hydrogen (secondary N) is 1. The molecular formula is C32H36N6O3S. The molecule has 218 valence electrons. The Kier molecular flexibility index (Phi) is 8.08. The third kappa shape index (κ3) is 6.10. The fourth-order valence-corrected chi connectivity index (χ4v) is 7.36. The van der Waals surface area contributed by atoms with Crippen LogP contribution in [0.4, 0.5) is 11.4 Å². The minimum absolute atomic E-state index is 0.0937. The minimum atomic E-state index is -4.03. The molecule has 0 radical (unpaired) electrons. The van der Waals surface area contributed by atoms with Gasteiger partial charge in [0.2, 0.25) is 5.91 Å². The summed E-state index contributed by atoms with van der Waals surface area (Å²) in [6.07, 6.45) is 6.60. The summed E-state index contributed by atoms with van der Waals surface area (Å²) in [4.78, 5) is 16.0. The van der Waals surface area contributed by atoms with E-state index in [1.54, 1.807) is 59.4 Å². The summed E-state index contributed by atoms with van der Waals surface area (Å²) in [5.41, 5.74) is 4.94. The second-order valence-electron chi connectivity index (χ2n) is 11.2. The number of aromatic nitrogens is 3. The molecule has 2 aliphatic heterocycles. The third-order valence-corrected chi connectivity index (χ3v) is 9.90. The number of hydrogen-bond acceptors (Lipinski definition) is 6. The van der Waals surface area contributed by atoms with E-state index in [2.05, 4.69) is 44.8 Å². The Morgan fingerprint density at radius 3 is 2.38 bits per heavy atom. The SMILES string of the molecule is Cc1ccc(S(=O)(=O)N2c3ccccc3NC(=O)[C@H]2Cc2cn(CCc3ccc(CN4CCCCC4)cc3)nn2)cc1. The Balaban J connectivity index is 1.16. The first-order valence-electron chi connectivity index (χ1n) is 14.6. The first-order valence-corrected chi connectivity index (χ1v) is 16.0. The Morgan fingerprint density at radius 1 is 0.905 bits per heavy atom. The van der Waals surface area contributed by atoms with Crippen LogP contribution in [0.25, 0.3) is 0 Å². The number of carbonyl (C=O) groups is 1. The molecule has 0 bridgehead atoms. The molecule has 1 fully saturated rings. The molecule has 1 N–H and O–H groups in total. The average Bonchev–Trinajstić information content (AvgIpc) is 3.45. The highest BCUT2D eigenvalue weighted by Gasteiger charge is 2.41. The van der Waals surface area contributed by atoms with Crippen LogP contribution in [0.15, 0.2) is 83.9 Å². The molecule has 3 heterocycles. The topological polar surface area (TPSA) is 100 Å². The Morgan fingerprint density at radius 2 is 1.62 bits per heavy atom. The number of rotatable bonds is 9. The second kappa shape index (κ2) is 12.1. The summed E-state index contributed by atoms with van der Waals surface area (Å²) in [7, 11) is -4.03. The molecule has 6 rings (SSSR count). The van der Waals surface area contributed by atoms with Gasteiger partial charge in [-0.1, -0.05) is 65.7 Å². The van der Waals surface area contributed by atoms with Crippen LogP contribution in [0.1, 0.15) is 41.6 Å². The summed E-state index contributed by atoms with van der Waals surface area (Å²) in [5.74, 6) is -0.399. The zero-order chi connectivity index (χ0) is 29.1. The molecule has 1 aromatic heterocycles. The molecule has 2 aliphatic rings. The number of amides is 1. The van der Waals surface area contributed by atoms with Gasteiger partial charge >= 0.3 is 0 Å². The highest BCUT2D eigenvalue weighted by atomic mass is 32.2. The molecule has 0 aliphatic carbocycles. The number of anilines is 2. The van der Waals surface area contributed by atoms with Gasteiger partial charge in [-0.05, 0) is 74.7 Å². The summed E-state index contributed by atoms with van der Waals surface area (Å²) in [6, 6.07) is 21.4. The molecule has 9 nitrogen and oxygen atoms in total. The smallest absolute Gasteiger partial charge is 0.265 e. The molecule has 1 saturated heterocycles. The van der Waals surface area contributed by atoms with Crippen LogP contribution < -0.4 is 9.62 Å². The third-order valence-electron chi connectivity index (χ3n) is 8.06. The molecule has 3 aromatic carbocycles. The highest BCUT2D eigenvalue weighted by Crippen LogP contribution is 2.37. The van der Waals surface area contributed by atoms with Gasteiger partial charge in [0.25, 0.3) is 10.0 Å². The second-order valence-corrected chi connectivity index (χ2v) is 13.0. The highest BCUT2D eigenvalue weighted by molar-refractivity contribution is 7.93. The van der Waals surface area contributed by atoms with Crippen molar-refractivity contribution in [1.82, 2.24) is 19.9 Å². The number of fused-ring (bicyclic) bond motifs is 1. The van der Waals surface area contributed by atoms with E-state index in [0.717, 1.165) is 18.5 Å². The van der Waals surface area contributed by atoms with Crippen LogP contribution in [-0.4, -0.2) is 53.4 Å². The number of likely N-dealkylation sites (tertiary alicyclic amines) is 1. The quantitative estimate of drug-likeness (QED) is 0.309. The molecule has 10 heteroatoms. The number of nitrogens with zero attached hydrogens (tertiary/aromatic N) is 5. The zero-order valence-electron chi connectivity index (χ0n) is 23.8. The van der Waals surface area contributed by atoms with Crippen LogP contribution in [0.3, 0.4) is 0 Å². The van der Waals surface area contributed by atoms with Crippen LogP contribution in [-0.2, 0) is 40.7 Å². The van der Waals surface area contributed by atoms with E-state index in [9.17, 15) is 13.2 Å². The lowest BCUT2D eigenvalue weighted by Gasteiger charge is -2.36. The number of carbonyl (C=O) groups excluding carboxylic acids is 1. The number of sulfonamides is 1. The van der Waals surface area contributed by atoms with Crippen molar-refractivity contribution in [2.45, 2.75) is 63.1 Å². The number of benzene rings is 3. The van der Waals surface area contributed by atoms with Crippen molar-refractivity contribution in [3.05, 3.63) is 101 Å². The van der Waals surface area contributed by atoms with E-state index >= 15 is 0 Å². The van der Waals surface area contributed by atoms with E-state index in [4.69, 9.17) is 0 Å². The monoisotopic (exact) mass is 584 g/mol. The van der Waals surface area contributed by atoms with Gasteiger partial charge in [0.05, 0.1) is 22.0 Å². The zero-order valence-corrected chi connectivity index (χ0v) is 24.6. The predicted molar refractivity (Wildman–Crippen MR) is 163 cm³/mol. The van der Waals surface area contributed by atoms with Gasteiger partial charge in [0, 0.05) is 25.7 Å². The van der Waals surface area contributed by atoms with Crippen molar-refractivity contribution in [1.29, 1.82) is 0 Å². The van der Waals surface area contributed by atoms with Gasteiger partial charge in [-0.15, -0.1) is 5.10 Å². The van der Waals surface area contributed by atoms with Gasteiger partial charge in [-0.2, -0.15) is 0 Å². The van der Waals surface area contributed by atoms with Gasteiger partial charge in [0.15, 0.2) is 0 Å². The van der Waals surface area contributed by atoms with Crippen LogP contribution >= 0.6 is 0 Å². The lowest BCUT2D eigenvalue weighted by atomic mass is 10.1. The van der Waals surface area contributed by atoms with Crippen LogP contribution in [0.5, 0.6) is 0 Å². The fraction of sp³-hybridized carbons (Fsp3) is 0.344. The van der Waals surface area contributed by atoms with E-state index in [1.165, 1.54) is 47.8 Å². The predicted octanol–water partition coefficient (Wildman–Crippen LogP) is 4.57. The van der Waals surface area contributed by atoms with E-state index in [0.29, 0.717) is 23.6 Å². The first kappa shape index (κ1) is 28.1. The normalized spacial score (nSPS) is 17.6. The summed E-state index contributed by atoms with van der Waals surface area (Å²) < 4.78 is 30.8. The average molecular weight is 585 g/mol. The Bertz CT molecular complexity index is 1640. The van der Waals surface area contributed by atoms with Crippen molar-refractivity contribution < 1.29 is 13.2 Å². The Labute approximate surface area is 247 Å². The minimum Gasteiger partial charge on any atom is -0.322 e. The van der Waals surface area contributed by atoms with Crippen molar-refractivity contribution in [2.75, 3.05) is 22.7 Å². The van der Waals surface area contributed by atoms with Gasteiger partial charge < -0.3 is 5.32 Å². The van der Waals surface area contributed by atoms with E-state index in [1.807, 2.05) is 6.92 Å². The van der Waals surface area contributed by atoms with Crippen molar-refractivity contribution >= 4 is 27.3 Å². The Hall–Kier alpha value is -4.02. The number of aryl methyl sites for hydroxylation is 3. The summed E-state index contributed by atoms with van der Waals surface area (Å²) >= 11 is 0. The van der Waals surface area contributed by atoms with Crippen molar-refractivity contribution in [3.8, 4) is 0 Å². The molecule has 4 aromatic rings. The standard InChI is InChI=1S/C32H36N6O3S/c1-24-9-15-28(16-10-24)42(40,41)38-30-8-4-3-7-29(30)33-32(39)31(38)21-27-23-37(35-34-27)20-17-25-11-13-26(14-12-25)22-36-18-5-2-6-19-36/h3-4,7-16,23,31H,2,5-6,17-22H2,1H3,(H,33,39)/t31-/m1/s1. The number of hydrogen-bond donors (Lipinski definition) is 1. The molecule has 1 atom stereocenters. The molecule has 1 amide bonds. The number of para-hydroxylation sites is 2. The lowest BCUT2D eigenvalue weighted by molar-refractivity contribution is -0.117. The fourth-order valence-electron chi connectivity index (χ4n) is 5.73. The maximum absolute atomic E-state index is 13.9. The van der Waals surface area contributed by atoms with Crippen molar-refractivity contribution in [2.24, 2.45) is 0 Å². The largest absolute Gasteiger partial charge is 0.322 e. The summed E-state index contributed by atoms with van der Waals surface area (Å²) in [6.45, 7) is 5.89. The summed E-state index contributed by atoms with van der Waals surface area (Å²) in [5, 5.41) is 11.4. The van der Waals surface area contributed by atoms with Gasteiger partial charge in [0.1, 0.15) is 6.04 Å². The maximum Gasteiger partial charge on any atom is 0.265 e. The van der Waals surface area contributed by atoms with Gasteiger partial charge in [-0.3, -0.25) is 18.7 Å². The van der Waals surface area contributed by atoms with Gasteiger partial charge in [-0.25, -0.2) is 8.42 Å².